The van der Waals surface area contributed by atoms with E-state index >= 15 is 0 Å². The minimum absolute atomic E-state index is 0.0485. The normalized spacial score (nSPS) is 10.7. The first-order valence-electron chi connectivity index (χ1n) is 7.42. The van der Waals surface area contributed by atoms with E-state index in [1.807, 2.05) is 32.0 Å². The molecule has 24 heavy (non-hydrogen) atoms. The van der Waals surface area contributed by atoms with E-state index in [0.717, 1.165) is 17.2 Å². The second-order valence-corrected chi connectivity index (χ2v) is 6.02. The fraction of sp³-hybridized carbons (Fsp3) is 0.235. The number of amides is 1. The number of para-hydroxylation sites is 1. The zero-order chi connectivity index (χ0) is 17.9. The van der Waals surface area contributed by atoms with Gasteiger partial charge in [0.15, 0.2) is 0 Å². The number of nitro groups is 1. The first-order chi connectivity index (χ1) is 11.3. The van der Waals surface area contributed by atoms with Crippen molar-refractivity contribution >= 4 is 28.9 Å². The molecule has 0 saturated heterocycles. The van der Waals surface area contributed by atoms with Crippen molar-refractivity contribution in [3.8, 4) is 0 Å². The molecule has 0 spiro atoms. The van der Waals surface area contributed by atoms with Crippen molar-refractivity contribution in [2.75, 3.05) is 5.32 Å². The number of nitrogens with one attached hydrogen (secondary N) is 1. The van der Waals surface area contributed by atoms with E-state index in [1.165, 1.54) is 12.1 Å². The number of hydrogen-bond acceptors (Lipinski definition) is 4. The van der Waals surface area contributed by atoms with Gasteiger partial charge in [-0.3, -0.25) is 14.9 Å². The first kappa shape index (κ1) is 17.9. The van der Waals surface area contributed by atoms with E-state index in [9.17, 15) is 14.9 Å². The van der Waals surface area contributed by atoms with Gasteiger partial charge in [0.25, 0.3) is 11.6 Å². The molecule has 0 heterocycles. The molecule has 1 amide bonds. The fourth-order valence-electron chi connectivity index (χ4n) is 2.41. The second-order valence-electron chi connectivity index (χ2n) is 5.62. The van der Waals surface area contributed by atoms with Crippen LogP contribution in [0.3, 0.4) is 0 Å². The number of carbonyl (C=O) groups excluding carboxylic acids is 1. The molecule has 2 aromatic carbocycles. The average molecular weight is 348 g/mol. The Kier molecular flexibility index (Phi) is 5.54. The van der Waals surface area contributed by atoms with Gasteiger partial charge in [0.2, 0.25) is 0 Å². The van der Waals surface area contributed by atoms with Gasteiger partial charge in [0.05, 0.1) is 15.5 Å². The average Bonchev–Trinajstić information content (AvgIpc) is 2.54. The molecule has 0 aliphatic rings. The van der Waals surface area contributed by atoms with Crippen molar-refractivity contribution in [1.82, 2.24) is 0 Å². The molecule has 0 saturated carbocycles. The quantitative estimate of drug-likeness (QED) is 0.628. The van der Waals surface area contributed by atoms with Crippen LogP contribution in [-0.2, 0) is 6.54 Å². The van der Waals surface area contributed by atoms with Crippen molar-refractivity contribution in [3.05, 3.63) is 68.2 Å². The van der Waals surface area contributed by atoms with Gasteiger partial charge in [-0.1, -0.05) is 43.6 Å². The number of hydrogen-bond donors (Lipinski definition) is 2. The predicted molar refractivity (Wildman–Crippen MR) is 94.5 cm³/mol. The van der Waals surface area contributed by atoms with Crippen LogP contribution in [0.15, 0.2) is 36.4 Å². The predicted octanol–water partition coefficient (Wildman–Crippen LogP) is 4.08. The summed E-state index contributed by atoms with van der Waals surface area (Å²) in [5.74, 6) is -0.334. The molecule has 6 nitrogen and oxygen atoms in total. The Morgan fingerprint density at radius 2 is 2.04 bits per heavy atom. The van der Waals surface area contributed by atoms with Crippen LogP contribution in [0.2, 0.25) is 5.02 Å². The highest BCUT2D eigenvalue weighted by molar-refractivity contribution is 6.34. The second kappa shape index (κ2) is 7.42. The van der Waals surface area contributed by atoms with Crippen molar-refractivity contribution < 1.29 is 9.72 Å². The van der Waals surface area contributed by atoms with Gasteiger partial charge in [0, 0.05) is 24.4 Å². The standard InChI is InChI=1S/C17H18ClN3O3/c1-10(2)13-5-3-4-11(9-19)16(13)20-17(22)14-8-12(21(23)24)6-7-15(14)18/h3-8,10H,9,19H2,1-2H3,(H,20,22). The minimum Gasteiger partial charge on any atom is -0.326 e. The number of nitrogens with zero attached hydrogens (tertiary/aromatic N) is 1. The molecular formula is C17H18ClN3O3. The van der Waals surface area contributed by atoms with E-state index in [0.29, 0.717) is 5.69 Å². The number of benzene rings is 2. The third kappa shape index (κ3) is 3.72. The molecule has 0 unspecified atom stereocenters. The number of anilines is 1. The summed E-state index contributed by atoms with van der Waals surface area (Å²) in [5.41, 5.74) is 7.97. The van der Waals surface area contributed by atoms with Gasteiger partial charge >= 0.3 is 0 Å². The third-order valence-corrected chi connectivity index (χ3v) is 4.00. The lowest BCUT2D eigenvalue weighted by Crippen LogP contribution is -2.17. The van der Waals surface area contributed by atoms with Crippen LogP contribution in [0.25, 0.3) is 0 Å². The summed E-state index contributed by atoms with van der Waals surface area (Å²) < 4.78 is 0. The molecule has 126 valence electrons. The number of nitro benzene ring substituents is 1. The van der Waals surface area contributed by atoms with E-state index in [-0.39, 0.29) is 28.7 Å². The molecule has 7 heteroatoms. The largest absolute Gasteiger partial charge is 0.326 e. The minimum atomic E-state index is -0.569. The van der Waals surface area contributed by atoms with Crippen LogP contribution in [0.1, 0.15) is 41.3 Å². The Morgan fingerprint density at radius 3 is 2.62 bits per heavy atom. The SMILES string of the molecule is CC(C)c1cccc(CN)c1NC(=O)c1cc([N+](=O)[O-])ccc1Cl. The van der Waals surface area contributed by atoms with Crippen LogP contribution in [0, 0.1) is 10.1 Å². The van der Waals surface area contributed by atoms with E-state index < -0.39 is 10.8 Å². The van der Waals surface area contributed by atoms with Gasteiger partial charge in [-0.05, 0) is 23.1 Å². The van der Waals surface area contributed by atoms with Crippen LogP contribution in [0.4, 0.5) is 11.4 Å². The van der Waals surface area contributed by atoms with Crippen molar-refractivity contribution in [1.29, 1.82) is 0 Å². The summed E-state index contributed by atoms with van der Waals surface area (Å²) in [6, 6.07) is 9.38. The molecule has 2 aromatic rings. The van der Waals surface area contributed by atoms with E-state index in [2.05, 4.69) is 5.32 Å². The van der Waals surface area contributed by atoms with Crippen molar-refractivity contribution in [2.45, 2.75) is 26.3 Å². The first-order valence-corrected chi connectivity index (χ1v) is 7.80. The van der Waals surface area contributed by atoms with Crippen LogP contribution in [-0.4, -0.2) is 10.8 Å². The Labute approximate surface area is 144 Å². The maximum absolute atomic E-state index is 12.6. The third-order valence-electron chi connectivity index (χ3n) is 3.67. The van der Waals surface area contributed by atoms with Gasteiger partial charge < -0.3 is 11.1 Å². The van der Waals surface area contributed by atoms with E-state index in [4.69, 9.17) is 17.3 Å². The topological polar surface area (TPSA) is 98.3 Å². The molecule has 0 atom stereocenters. The zero-order valence-corrected chi connectivity index (χ0v) is 14.1. The molecule has 0 radical (unpaired) electrons. The monoisotopic (exact) mass is 347 g/mol. The summed E-state index contributed by atoms with van der Waals surface area (Å²) in [6.07, 6.45) is 0. The zero-order valence-electron chi connectivity index (χ0n) is 13.4. The maximum atomic E-state index is 12.6. The van der Waals surface area contributed by atoms with Gasteiger partial charge in [-0.25, -0.2) is 0 Å². The summed E-state index contributed by atoms with van der Waals surface area (Å²) in [4.78, 5) is 22.9. The fourth-order valence-corrected chi connectivity index (χ4v) is 2.61. The smallest absolute Gasteiger partial charge is 0.270 e. The van der Waals surface area contributed by atoms with Crippen LogP contribution in [0.5, 0.6) is 0 Å². The molecule has 3 N–H and O–H groups in total. The van der Waals surface area contributed by atoms with E-state index in [1.54, 1.807) is 0 Å². The summed E-state index contributed by atoms with van der Waals surface area (Å²) in [5, 5.41) is 13.9. The highest BCUT2D eigenvalue weighted by atomic mass is 35.5. The summed E-state index contributed by atoms with van der Waals surface area (Å²) in [7, 11) is 0. The molecular weight excluding hydrogens is 330 g/mol. The maximum Gasteiger partial charge on any atom is 0.270 e. The molecule has 0 bridgehead atoms. The Bertz CT molecular complexity index is 791. The molecule has 2 rings (SSSR count). The number of rotatable bonds is 5. The molecule has 0 aromatic heterocycles. The van der Waals surface area contributed by atoms with Crippen molar-refractivity contribution in [2.24, 2.45) is 5.73 Å². The lowest BCUT2D eigenvalue weighted by Gasteiger charge is -2.17. The van der Waals surface area contributed by atoms with Gasteiger partial charge in [-0.15, -0.1) is 0 Å². The Balaban J connectivity index is 2.44. The van der Waals surface area contributed by atoms with Gasteiger partial charge in [-0.2, -0.15) is 0 Å². The van der Waals surface area contributed by atoms with Crippen LogP contribution >= 0.6 is 11.6 Å². The lowest BCUT2D eigenvalue weighted by atomic mass is 9.97. The summed E-state index contributed by atoms with van der Waals surface area (Å²) in [6.45, 7) is 4.27. The van der Waals surface area contributed by atoms with Crippen LogP contribution < -0.4 is 11.1 Å². The number of carbonyl (C=O) groups is 1. The number of nitrogens with two attached hydrogens (primary N) is 1. The molecule has 0 aliphatic heterocycles. The molecule has 0 aliphatic carbocycles. The number of halogens is 1. The Morgan fingerprint density at radius 1 is 1.33 bits per heavy atom. The number of non-ortho nitro benzene ring substituents is 1. The molecule has 0 fully saturated rings. The lowest BCUT2D eigenvalue weighted by molar-refractivity contribution is -0.384. The highest BCUT2D eigenvalue weighted by Crippen LogP contribution is 2.29. The summed E-state index contributed by atoms with van der Waals surface area (Å²) >= 11 is 6.03. The van der Waals surface area contributed by atoms with Gasteiger partial charge in [0.1, 0.15) is 0 Å². The Hall–Kier alpha value is -2.44. The van der Waals surface area contributed by atoms with Crippen molar-refractivity contribution in [3.63, 3.8) is 0 Å². The highest BCUT2D eigenvalue weighted by Gasteiger charge is 2.19.